The Kier molecular flexibility index (Phi) is 5.69. The topological polar surface area (TPSA) is 80.4 Å². The Hall–Kier alpha value is -2.87. The Bertz CT molecular complexity index is 1020. The lowest BCUT2D eigenvalue weighted by Gasteiger charge is -2.16. The largest absolute Gasteiger partial charge is 0.360 e. The van der Waals surface area contributed by atoms with Gasteiger partial charge >= 0.3 is 0 Å². The number of hydrogen-bond donors (Lipinski definition) is 1. The first-order valence-electron chi connectivity index (χ1n) is 8.70. The van der Waals surface area contributed by atoms with Crippen LogP contribution >= 0.6 is 15.9 Å². The number of halogens is 1. The molecule has 0 aliphatic carbocycles. The SMILES string of the molecule is Cc1cc(NC(=O)CN(C)C(=O)c2cc(C)n(-c3ccc(Br)cc3)c2C)no1. The summed E-state index contributed by atoms with van der Waals surface area (Å²) in [6.07, 6.45) is 0. The molecule has 0 unspecified atom stereocenters. The van der Waals surface area contributed by atoms with Crippen molar-refractivity contribution in [2.45, 2.75) is 20.8 Å². The molecule has 8 heteroatoms. The Labute approximate surface area is 171 Å². The van der Waals surface area contributed by atoms with Crippen LogP contribution in [0.15, 0.2) is 45.4 Å². The van der Waals surface area contributed by atoms with Gasteiger partial charge in [-0.3, -0.25) is 9.59 Å². The van der Waals surface area contributed by atoms with Crippen molar-refractivity contribution in [3.05, 3.63) is 63.6 Å². The highest BCUT2D eigenvalue weighted by molar-refractivity contribution is 9.10. The van der Waals surface area contributed by atoms with E-state index in [4.69, 9.17) is 4.52 Å². The van der Waals surface area contributed by atoms with E-state index in [0.717, 1.165) is 21.5 Å². The molecule has 2 aromatic heterocycles. The number of carbonyl (C=O) groups excluding carboxylic acids is 2. The molecular formula is C20H21BrN4O3. The standard InChI is InChI=1S/C20H21BrN4O3/c1-12-9-17(14(3)25(12)16-7-5-15(21)6-8-16)20(27)24(4)11-19(26)22-18-10-13(2)28-23-18/h5-10H,11H2,1-4H3,(H,22,23,26). The predicted molar refractivity (Wildman–Crippen MR) is 110 cm³/mol. The van der Waals surface area contributed by atoms with E-state index in [1.807, 2.05) is 48.7 Å². The number of hydrogen-bond acceptors (Lipinski definition) is 4. The number of benzene rings is 1. The third-order valence-electron chi connectivity index (χ3n) is 4.37. The summed E-state index contributed by atoms with van der Waals surface area (Å²) in [6.45, 7) is 5.49. The second kappa shape index (κ2) is 8.02. The highest BCUT2D eigenvalue weighted by Crippen LogP contribution is 2.23. The van der Waals surface area contributed by atoms with Crippen LogP contribution in [0.3, 0.4) is 0 Å². The van der Waals surface area contributed by atoms with Crippen LogP contribution in [-0.4, -0.2) is 40.0 Å². The molecule has 0 atom stereocenters. The molecule has 0 aliphatic heterocycles. The minimum absolute atomic E-state index is 0.0906. The zero-order chi connectivity index (χ0) is 20.4. The van der Waals surface area contributed by atoms with Gasteiger partial charge in [0.2, 0.25) is 5.91 Å². The Morgan fingerprint density at radius 3 is 2.46 bits per heavy atom. The second-order valence-corrected chi connectivity index (χ2v) is 7.54. The first kappa shape index (κ1) is 19.9. The maximum absolute atomic E-state index is 12.9. The molecule has 0 aliphatic rings. The van der Waals surface area contributed by atoms with Crippen LogP contribution in [0.4, 0.5) is 5.82 Å². The van der Waals surface area contributed by atoms with Gasteiger partial charge in [0.1, 0.15) is 5.76 Å². The number of nitrogens with one attached hydrogen (secondary N) is 1. The molecule has 28 heavy (non-hydrogen) atoms. The highest BCUT2D eigenvalue weighted by Gasteiger charge is 2.21. The minimum Gasteiger partial charge on any atom is -0.360 e. The van der Waals surface area contributed by atoms with Crippen molar-refractivity contribution >= 4 is 33.6 Å². The van der Waals surface area contributed by atoms with E-state index in [0.29, 0.717) is 17.1 Å². The third kappa shape index (κ3) is 4.17. The quantitative estimate of drug-likeness (QED) is 0.647. The smallest absolute Gasteiger partial charge is 0.255 e. The summed E-state index contributed by atoms with van der Waals surface area (Å²) in [4.78, 5) is 26.5. The number of nitrogens with zero attached hydrogens (tertiary/aromatic N) is 3. The fraction of sp³-hybridized carbons (Fsp3) is 0.250. The molecule has 0 radical (unpaired) electrons. The monoisotopic (exact) mass is 444 g/mol. The summed E-state index contributed by atoms with van der Waals surface area (Å²) >= 11 is 3.43. The van der Waals surface area contributed by atoms with E-state index in [1.54, 1.807) is 20.0 Å². The van der Waals surface area contributed by atoms with Crippen molar-refractivity contribution < 1.29 is 14.1 Å². The fourth-order valence-corrected chi connectivity index (χ4v) is 3.33. The second-order valence-electron chi connectivity index (χ2n) is 6.63. The van der Waals surface area contributed by atoms with Crippen molar-refractivity contribution in [1.82, 2.24) is 14.6 Å². The van der Waals surface area contributed by atoms with Gasteiger partial charge < -0.3 is 19.3 Å². The average molecular weight is 445 g/mol. The van der Waals surface area contributed by atoms with E-state index in [-0.39, 0.29) is 18.4 Å². The lowest BCUT2D eigenvalue weighted by Crippen LogP contribution is -2.35. The van der Waals surface area contributed by atoms with Gasteiger partial charge in [0.25, 0.3) is 5.91 Å². The van der Waals surface area contributed by atoms with Gasteiger partial charge in [-0.25, -0.2) is 0 Å². The first-order chi connectivity index (χ1) is 13.3. The molecule has 2 heterocycles. The summed E-state index contributed by atoms with van der Waals surface area (Å²) < 4.78 is 7.93. The van der Waals surface area contributed by atoms with Gasteiger partial charge in [0.15, 0.2) is 5.82 Å². The summed E-state index contributed by atoms with van der Waals surface area (Å²) in [5.41, 5.74) is 3.30. The van der Waals surface area contributed by atoms with E-state index in [9.17, 15) is 9.59 Å². The number of amides is 2. The number of aryl methyl sites for hydroxylation is 2. The van der Waals surface area contributed by atoms with Crippen LogP contribution in [0.5, 0.6) is 0 Å². The molecule has 0 bridgehead atoms. The summed E-state index contributed by atoms with van der Waals surface area (Å²) in [5, 5.41) is 6.33. The van der Waals surface area contributed by atoms with Crippen LogP contribution in [0.2, 0.25) is 0 Å². The molecule has 0 saturated heterocycles. The summed E-state index contributed by atoms with van der Waals surface area (Å²) in [5.74, 6) is 0.366. The van der Waals surface area contributed by atoms with Gasteiger partial charge in [-0.05, 0) is 51.1 Å². The van der Waals surface area contributed by atoms with E-state index in [2.05, 4.69) is 26.4 Å². The van der Waals surface area contributed by atoms with Crippen molar-refractivity contribution in [3.8, 4) is 5.69 Å². The van der Waals surface area contributed by atoms with Gasteiger partial charge in [-0.1, -0.05) is 21.1 Å². The molecular weight excluding hydrogens is 424 g/mol. The van der Waals surface area contributed by atoms with Crippen molar-refractivity contribution in [3.63, 3.8) is 0 Å². The molecule has 146 valence electrons. The van der Waals surface area contributed by atoms with Gasteiger partial charge in [-0.15, -0.1) is 0 Å². The molecule has 0 fully saturated rings. The van der Waals surface area contributed by atoms with Gasteiger partial charge in [0.05, 0.1) is 12.1 Å². The molecule has 0 saturated carbocycles. The number of aromatic nitrogens is 2. The third-order valence-corrected chi connectivity index (χ3v) is 4.90. The minimum atomic E-state index is -0.342. The average Bonchev–Trinajstić information content (AvgIpc) is 3.17. The Morgan fingerprint density at radius 2 is 1.86 bits per heavy atom. The molecule has 7 nitrogen and oxygen atoms in total. The zero-order valence-electron chi connectivity index (χ0n) is 16.1. The normalized spacial score (nSPS) is 10.8. The van der Waals surface area contributed by atoms with E-state index in [1.165, 1.54) is 4.90 Å². The molecule has 2 amide bonds. The van der Waals surface area contributed by atoms with Crippen LogP contribution in [0.25, 0.3) is 5.69 Å². The highest BCUT2D eigenvalue weighted by atomic mass is 79.9. The number of likely N-dealkylation sites (N-methyl/N-ethyl adjacent to an activating group) is 1. The molecule has 1 aromatic carbocycles. The Balaban J connectivity index is 1.75. The van der Waals surface area contributed by atoms with Crippen LogP contribution in [0, 0.1) is 20.8 Å². The molecule has 1 N–H and O–H groups in total. The maximum atomic E-state index is 12.9. The number of rotatable bonds is 5. The molecule has 3 aromatic rings. The van der Waals surface area contributed by atoms with E-state index < -0.39 is 0 Å². The lowest BCUT2D eigenvalue weighted by molar-refractivity contribution is -0.116. The molecule has 3 rings (SSSR count). The van der Waals surface area contributed by atoms with Crippen LogP contribution in [-0.2, 0) is 4.79 Å². The molecule has 0 spiro atoms. The van der Waals surface area contributed by atoms with E-state index >= 15 is 0 Å². The lowest BCUT2D eigenvalue weighted by atomic mass is 10.2. The first-order valence-corrected chi connectivity index (χ1v) is 9.49. The predicted octanol–water partition coefficient (Wildman–Crippen LogP) is 3.86. The number of anilines is 1. The maximum Gasteiger partial charge on any atom is 0.255 e. The summed E-state index contributed by atoms with van der Waals surface area (Å²) in [7, 11) is 1.60. The van der Waals surface area contributed by atoms with Crippen molar-refractivity contribution in [1.29, 1.82) is 0 Å². The van der Waals surface area contributed by atoms with Crippen LogP contribution in [0.1, 0.15) is 27.5 Å². The van der Waals surface area contributed by atoms with Crippen molar-refractivity contribution in [2.75, 3.05) is 18.9 Å². The summed E-state index contributed by atoms with van der Waals surface area (Å²) in [6, 6.07) is 11.3. The van der Waals surface area contributed by atoms with Crippen LogP contribution < -0.4 is 5.32 Å². The van der Waals surface area contributed by atoms with Gasteiger partial charge in [0, 0.05) is 34.7 Å². The Morgan fingerprint density at radius 1 is 1.18 bits per heavy atom. The van der Waals surface area contributed by atoms with Gasteiger partial charge in [-0.2, -0.15) is 0 Å². The zero-order valence-corrected chi connectivity index (χ0v) is 17.7. The number of carbonyl (C=O) groups is 2. The fourth-order valence-electron chi connectivity index (χ4n) is 3.07. The van der Waals surface area contributed by atoms with Crippen molar-refractivity contribution in [2.24, 2.45) is 0 Å².